The van der Waals surface area contributed by atoms with Crippen molar-refractivity contribution in [3.8, 4) is 0 Å². The molecule has 0 aliphatic heterocycles. The van der Waals surface area contributed by atoms with Crippen LogP contribution in [0.5, 0.6) is 0 Å². The SMILES string of the molecule is CC(NS(=O)(=O)C=Cc1ccccc1)(C(=O)O)C(F)(F)F. The van der Waals surface area contributed by atoms with Crippen LogP contribution in [0.4, 0.5) is 13.2 Å². The molecule has 0 radical (unpaired) electrons. The number of hydrogen-bond acceptors (Lipinski definition) is 3. The van der Waals surface area contributed by atoms with Gasteiger partial charge >= 0.3 is 12.1 Å². The van der Waals surface area contributed by atoms with Gasteiger partial charge in [0.1, 0.15) is 0 Å². The van der Waals surface area contributed by atoms with Gasteiger partial charge in [-0.25, -0.2) is 13.2 Å². The van der Waals surface area contributed by atoms with Gasteiger partial charge in [0.2, 0.25) is 15.6 Å². The molecule has 0 fully saturated rings. The number of nitrogens with one attached hydrogen (secondary N) is 1. The van der Waals surface area contributed by atoms with Gasteiger partial charge in [-0.2, -0.15) is 17.9 Å². The van der Waals surface area contributed by atoms with E-state index in [4.69, 9.17) is 5.11 Å². The number of aliphatic carboxylic acids is 1. The molecule has 0 bridgehead atoms. The molecule has 0 amide bonds. The maximum absolute atomic E-state index is 12.7. The molecule has 1 unspecified atom stereocenters. The predicted molar refractivity (Wildman–Crippen MR) is 69.6 cm³/mol. The second-order valence-electron chi connectivity index (χ2n) is 4.29. The van der Waals surface area contributed by atoms with Crippen LogP contribution < -0.4 is 4.72 Å². The molecule has 0 saturated heterocycles. The first-order valence-corrected chi connectivity index (χ1v) is 7.10. The fourth-order valence-electron chi connectivity index (χ4n) is 1.27. The molecule has 1 rings (SSSR count). The van der Waals surface area contributed by atoms with Crippen molar-refractivity contribution in [1.82, 2.24) is 4.72 Å². The fraction of sp³-hybridized carbons (Fsp3) is 0.250. The summed E-state index contributed by atoms with van der Waals surface area (Å²) in [6.45, 7) is 0.239. The van der Waals surface area contributed by atoms with Gasteiger partial charge in [0.25, 0.3) is 0 Å². The molecule has 0 aliphatic rings. The third kappa shape index (κ3) is 4.30. The minimum absolute atomic E-state index is 0.239. The Bertz CT molecular complexity index is 640. The van der Waals surface area contributed by atoms with E-state index in [1.54, 1.807) is 18.2 Å². The van der Waals surface area contributed by atoms with Gasteiger partial charge < -0.3 is 5.11 Å². The van der Waals surface area contributed by atoms with Gasteiger partial charge in [-0.15, -0.1) is 0 Å². The number of carboxylic acid groups (broad SMARTS) is 1. The van der Waals surface area contributed by atoms with Crippen molar-refractivity contribution in [2.24, 2.45) is 0 Å². The summed E-state index contributed by atoms with van der Waals surface area (Å²) < 4.78 is 62.5. The van der Waals surface area contributed by atoms with Crippen molar-refractivity contribution in [1.29, 1.82) is 0 Å². The highest BCUT2D eigenvalue weighted by atomic mass is 32.2. The van der Waals surface area contributed by atoms with Gasteiger partial charge in [0.05, 0.1) is 0 Å². The second kappa shape index (κ2) is 5.86. The largest absolute Gasteiger partial charge is 0.480 e. The van der Waals surface area contributed by atoms with Crippen molar-refractivity contribution in [2.75, 3.05) is 0 Å². The van der Waals surface area contributed by atoms with E-state index in [9.17, 15) is 26.4 Å². The lowest BCUT2D eigenvalue weighted by molar-refractivity contribution is -0.201. The summed E-state index contributed by atoms with van der Waals surface area (Å²) in [6.07, 6.45) is -4.23. The molecular formula is C12H12F3NO4S. The molecule has 0 saturated carbocycles. The van der Waals surface area contributed by atoms with E-state index in [-0.39, 0.29) is 6.92 Å². The summed E-state index contributed by atoms with van der Waals surface area (Å²) in [4.78, 5) is 10.7. The Kier molecular flexibility index (Phi) is 4.79. The Morgan fingerprint density at radius 1 is 1.24 bits per heavy atom. The molecule has 116 valence electrons. The molecule has 0 aromatic heterocycles. The van der Waals surface area contributed by atoms with Gasteiger partial charge in [-0.1, -0.05) is 30.3 Å². The predicted octanol–water partition coefficient (Wildman–Crippen LogP) is 1.98. The Labute approximate surface area is 119 Å². The van der Waals surface area contributed by atoms with E-state index in [0.717, 1.165) is 10.8 Å². The first-order valence-electron chi connectivity index (χ1n) is 5.55. The topological polar surface area (TPSA) is 83.5 Å². The number of halogens is 3. The third-order valence-electron chi connectivity index (χ3n) is 2.58. The highest BCUT2D eigenvalue weighted by molar-refractivity contribution is 7.92. The number of carbonyl (C=O) groups is 1. The van der Waals surface area contributed by atoms with Crippen LogP contribution in [0.2, 0.25) is 0 Å². The lowest BCUT2D eigenvalue weighted by atomic mass is 10.0. The summed E-state index contributed by atoms with van der Waals surface area (Å²) in [5.74, 6) is -2.34. The zero-order valence-electron chi connectivity index (χ0n) is 10.8. The highest BCUT2D eigenvalue weighted by Gasteiger charge is 2.59. The van der Waals surface area contributed by atoms with Crippen molar-refractivity contribution < 1.29 is 31.5 Å². The standard InChI is InChI=1S/C12H12F3NO4S/c1-11(10(17)18,12(13,14)15)16-21(19,20)8-7-9-5-3-2-4-6-9/h2-8,16H,1H3,(H,17,18). The summed E-state index contributed by atoms with van der Waals surface area (Å²) in [7, 11) is -4.60. The van der Waals surface area contributed by atoms with E-state index in [1.807, 2.05) is 0 Å². The van der Waals surface area contributed by atoms with Gasteiger partial charge in [-0.05, 0) is 18.6 Å². The Hall–Kier alpha value is -1.87. The van der Waals surface area contributed by atoms with Crippen molar-refractivity contribution in [3.63, 3.8) is 0 Å². The second-order valence-corrected chi connectivity index (χ2v) is 5.85. The van der Waals surface area contributed by atoms with Crippen LogP contribution >= 0.6 is 0 Å². The molecule has 1 atom stereocenters. The number of carboxylic acids is 1. The quantitative estimate of drug-likeness (QED) is 0.868. The number of sulfonamides is 1. The molecule has 0 spiro atoms. The Morgan fingerprint density at radius 3 is 2.19 bits per heavy atom. The molecule has 21 heavy (non-hydrogen) atoms. The fourth-order valence-corrected chi connectivity index (χ4v) is 2.45. The number of alkyl halides is 3. The van der Waals surface area contributed by atoms with E-state index < -0.39 is 27.7 Å². The average molecular weight is 323 g/mol. The van der Waals surface area contributed by atoms with Crippen LogP contribution in [-0.2, 0) is 14.8 Å². The number of rotatable bonds is 5. The smallest absolute Gasteiger partial charge is 0.418 e. The minimum atomic E-state index is -5.29. The van der Waals surface area contributed by atoms with Crippen molar-refractivity contribution in [2.45, 2.75) is 18.6 Å². The summed E-state index contributed by atoms with van der Waals surface area (Å²) >= 11 is 0. The molecule has 1 aromatic rings. The lowest BCUT2D eigenvalue weighted by Gasteiger charge is -2.27. The van der Waals surface area contributed by atoms with Crippen LogP contribution in [0.25, 0.3) is 6.08 Å². The van der Waals surface area contributed by atoms with E-state index >= 15 is 0 Å². The Morgan fingerprint density at radius 2 is 1.76 bits per heavy atom. The van der Waals surface area contributed by atoms with Crippen LogP contribution in [0, 0.1) is 0 Å². The zero-order chi connectivity index (χ0) is 16.3. The van der Waals surface area contributed by atoms with Crippen LogP contribution in [-0.4, -0.2) is 31.2 Å². The molecule has 0 aliphatic carbocycles. The molecule has 0 heterocycles. The van der Waals surface area contributed by atoms with Crippen molar-refractivity contribution in [3.05, 3.63) is 41.3 Å². The molecule has 9 heteroatoms. The maximum Gasteiger partial charge on any atom is 0.418 e. The van der Waals surface area contributed by atoms with E-state index in [0.29, 0.717) is 11.0 Å². The average Bonchev–Trinajstić information content (AvgIpc) is 2.35. The summed E-state index contributed by atoms with van der Waals surface area (Å²) in [5, 5.41) is 9.13. The summed E-state index contributed by atoms with van der Waals surface area (Å²) in [5.41, 5.74) is -3.17. The first kappa shape index (κ1) is 17.2. The first-order chi connectivity index (χ1) is 9.48. The van der Waals surface area contributed by atoms with Crippen molar-refractivity contribution >= 4 is 22.1 Å². The van der Waals surface area contributed by atoms with Crippen LogP contribution in [0.3, 0.4) is 0 Å². The Balaban J connectivity index is 3.04. The number of hydrogen-bond donors (Lipinski definition) is 2. The molecule has 5 nitrogen and oxygen atoms in total. The molecular weight excluding hydrogens is 311 g/mol. The van der Waals surface area contributed by atoms with E-state index in [1.165, 1.54) is 12.1 Å². The van der Waals surface area contributed by atoms with Gasteiger partial charge in [0.15, 0.2) is 0 Å². The highest BCUT2D eigenvalue weighted by Crippen LogP contribution is 2.31. The minimum Gasteiger partial charge on any atom is -0.480 e. The number of benzene rings is 1. The monoisotopic (exact) mass is 323 g/mol. The van der Waals surface area contributed by atoms with Gasteiger partial charge in [-0.3, -0.25) is 0 Å². The molecule has 1 aromatic carbocycles. The third-order valence-corrected chi connectivity index (χ3v) is 3.77. The lowest BCUT2D eigenvalue weighted by Crippen LogP contribution is -2.61. The van der Waals surface area contributed by atoms with Gasteiger partial charge in [0, 0.05) is 5.41 Å². The zero-order valence-corrected chi connectivity index (χ0v) is 11.6. The molecule has 2 N–H and O–H groups in total. The van der Waals surface area contributed by atoms with E-state index in [2.05, 4.69) is 0 Å². The summed E-state index contributed by atoms with van der Waals surface area (Å²) in [6, 6.07) is 7.96. The maximum atomic E-state index is 12.7. The van der Waals surface area contributed by atoms with Crippen LogP contribution in [0.15, 0.2) is 35.7 Å². The van der Waals surface area contributed by atoms with Crippen LogP contribution in [0.1, 0.15) is 12.5 Å². The normalized spacial score (nSPS) is 15.8.